The molecule has 19 heavy (non-hydrogen) atoms. The molecule has 1 aliphatic rings. The zero-order valence-electron chi connectivity index (χ0n) is 11.4. The monoisotopic (exact) mass is 269 g/mol. The van der Waals surface area contributed by atoms with Crippen LogP contribution in [-0.4, -0.2) is 48.1 Å². The molecule has 0 aromatic rings. The number of hydrogen-bond acceptors (Lipinski definition) is 4. The number of likely N-dealkylation sites (tertiary alicyclic amines) is 1. The van der Waals surface area contributed by atoms with Crippen LogP contribution >= 0.6 is 0 Å². The van der Waals surface area contributed by atoms with Crippen LogP contribution < -0.4 is 0 Å². The van der Waals surface area contributed by atoms with Crippen LogP contribution in [0, 0.1) is 5.92 Å². The number of ether oxygens (including phenoxy) is 1. The van der Waals surface area contributed by atoms with Crippen LogP contribution in [0.4, 0.5) is 0 Å². The molecule has 1 aliphatic heterocycles. The molecule has 0 saturated carbocycles. The Morgan fingerprint density at radius 1 is 1.11 bits per heavy atom. The molecule has 0 aromatic carbocycles. The van der Waals surface area contributed by atoms with Crippen molar-refractivity contribution >= 4 is 17.8 Å². The van der Waals surface area contributed by atoms with Gasteiger partial charge in [0.2, 0.25) is 5.91 Å². The van der Waals surface area contributed by atoms with E-state index in [9.17, 15) is 14.4 Å². The molecule has 1 heterocycles. The van der Waals surface area contributed by atoms with Crippen molar-refractivity contribution < 1.29 is 24.2 Å². The number of carboxylic acid groups (broad SMARTS) is 1. The van der Waals surface area contributed by atoms with Gasteiger partial charge >= 0.3 is 11.9 Å². The van der Waals surface area contributed by atoms with E-state index in [4.69, 9.17) is 5.11 Å². The van der Waals surface area contributed by atoms with Crippen LogP contribution in [0.15, 0.2) is 11.1 Å². The summed E-state index contributed by atoms with van der Waals surface area (Å²) in [6.07, 6.45) is 1.11. The highest BCUT2D eigenvalue weighted by atomic mass is 16.5. The maximum absolute atomic E-state index is 12.1. The summed E-state index contributed by atoms with van der Waals surface area (Å²) >= 11 is 0. The molecule has 0 aliphatic carbocycles. The molecule has 0 spiro atoms. The Morgan fingerprint density at radius 3 is 2.05 bits per heavy atom. The highest BCUT2D eigenvalue weighted by Crippen LogP contribution is 2.20. The highest BCUT2D eigenvalue weighted by molar-refractivity contribution is 6.01. The summed E-state index contributed by atoms with van der Waals surface area (Å²) in [6.45, 7) is 3.82. The van der Waals surface area contributed by atoms with Crippen molar-refractivity contribution in [3.8, 4) is 0 Å². The van der Waals surface area contributed by atoms with Gasteiger partial charge in [-0.2, -0.15) is 0 Å². The molecule has 1 rings (SSSR count). The first-order valence-electron chi connectivity index (χ1n) is 6.16. The second-order valence-electron chi connectivity index (χ2n) is 4.64. The van der Waals surface area contributed by atoms with Gasteiger partial charge in [-0.1, -0.05) is 0 Å². The minimum absolute atomic E-state index is 0.0556. The van der Waals surface area contributed by atoms with E-state index >= 15 is 0 Å². The molecular weight excluding hydrogens is 250 g/mol. The molecule has 1 saturated heterocycles. The Bertz CT molecular complexity index is 419. The number of hydrogen-bond donors (Lipinski definition) is 1. The molecule has 1 fully saturated rings. The summed E-state index contributed by atoms with van der Waals surface area (Å²) in [6, 6.07) is 0. The zero-order chi connectivity index (χ0) is 14.6. The lowest BCUT2D eigenvalue weighted by atomic mass is 9.96. The van der Waals surface area contributed by atoms with Gasteiger partial charge in [0, 0.05) is 24.2 Å². The Morgan fingerprint density at radius 2 is 1.63 bits per heavy atom. The van der Waals surface area contributed by atoms with E-state index in [1.54, 1.807) is 4.90 Å². The van der Waals surface area contributed by atoms with Crippen molar-refractivity contribution in [3.63, 3.8) is 0 Å². The number of rotatable bonds is 3. The number of carbonyl (C=O) groups excluding carboxylic acids is 2. The minimum Gasteiger partial charge on any atom is -0.478 e. The van der Waals surface area contributed by atoms with Crippen molar-refractivity contribution in [1.82, 2.24) is 4.90 Å². The smallest absolute Gasteiger partial charge is 0.331 e. The van der Waals surface area contributed by atoms with Crippen LogP contribution in [0.25, 0.3) is 0 Å². The van der Waals surface area contributed by atoms with Crippen LogP contribution in [0.2, 0.25) is 0 Å². The quantitative estimate of drug-likeness (QED) is 0.605. The second-order valence-corrected chi connectivity index (χ2v) is 4.64. The normalized spacial score (nSPS) is 17.7. The number of piperidine rings is 1. The SMILES string of the molecule is COC(=O)C1CCN(C(=O)C(C)=C(C)C(=O)O)CC1. The molecule has 6 nitrogen and oxygen atoms in total. The van der Waals surface area contributed by atoms with Gasteiger partial charge in [-0.15, -0.1) is 0 Å². The van der Waals surface area contributed by atoms with Crippen LogP contribution in [-0.2, 0) is 19.1 Å². The second kappa shape index (κ2) is 6.36. The third-order valence-electron chi connectivity index (χ3n) is 3.52. The molecule has 0 atom stereocenters. The Kier molecular flexibility index (Phi) is 5.09. The van der Waals surface area contributed by atoms with Crippen molar-refractivity contribution in [1.29, 1.82) is 0 Å². The Balaban J connectivity index is 2.66. The van der Waals surface area contributed by atoms with Crippen molar-refractivity contribution in [3.05, 3.63) is 11.1 Å². The maximum Gasteiger partial charge on any atom is 0.331 e. The van der Waals surface area contributed by atoms with Gasteiger partial charge in [-0.05, 0) is 26.7 Å². The number of esters is 1. The fraction of sp³-hybridized carbons (Fsp3) is 0.615. The molecule has 1 amide bonds. The van der Waals surface area contributed by atoms with Gasteiger partial charge in [-0.3, -0.25) is 9.59 Å². The average Bonchev–Trinajstić information content (AvgIpc) is 2.44. The van der Waals surface area contributed by atoms with Gasteiger partial charge in [0.05, 0.1) is 13.0 Å². The van der Waals surface area contributed by atoms with E-state index in [1.807, 2.05) is 0 Å². The lowest BCUT2D eigenvalue weighted by Crippen LogP contribution is -2.41. The summed E-state index contributed by atoms with van der Waals surface area (Å²) in [7, 11) is 1.35. The Hall–Kier alpha value is -1.85. The zero-order valence-corrected chi connectivity index (χ0v) is 11.4. The molecule has 0 radical (unpaired) electrons. The summed E-state index contributed by atoms with van der Waals surface area (Å²) in [5.74, 6) is -1.78. The van der Waals surface area contributed by atoms with Gasteiger partial charge in [0.15, 0.2) is 0 Å². The average molecular weight is 269 g/mol. The molecule has 0 aromatic heterocycles. The fourth-order valence-electron chi connectivity index (χ4n) is 2.04. The highest BCUT2D eigenvalue weighted by Gasteiger charge is 2.29. The molecule has 106 valence electrons. The lowest BCUT2D eigenvalue weighted by Gasteiger charge is -2.31. The van der Waals surface area contributed by atoms with Gasteiger partial charge in [0.1, 0.15) is 0 Å². The number of aliphatic carboxylic acids is 1. The summed E-state index contributed by atoms with van der Waals surface area (Å²) in [5, 5.41) is 8.86. The van der Waals surface area contributed by atoms with E-state index in [-0.39, 0.29) is 28.9 Å². The van der Waals surface area contributed by atoms with E-state index < -0.39 is 5.97 Å². The minimum atomic E-state index is -1.09. The summed E-state index contributed by atoms with van der Waals surface area (Å²) in [4.78, 5) is 35.8. The maximum atomic E-state index is 12.1. The lowest BCUT2D eigenvalue weighted by molar-refractivity contribution is -0.148. The van der Waals surface area contributed by atoms with E-state index in [2.05, 4.69) is 4.74 Å². The van der Waals surface area contributed by atoms with Crippen LogP contribution in [0.1, 0.15) is 26.7 Å². The van der Waals surface area contributed by atoms with Gasteiger partial charge in [0.25, 0.3) is 0 Å². The van der Waals surface area contributed by atoms with E-state index in [1.165, 1.54) is 21.0 Å². The topological polar surface area (TPSA) is 83.9 Å². The third-order valence-corrected chi connectivity index (χ3v) is 3.52. The van der Waals surface area contributed by atoms with E-state index in [0.717, 1.165) is 0 Å². The largest absolute Gasteiger partial charge is 0.478 e. The number of methoxy groups -OCH3 is 1. The predicted molar refractivity (Wildman–Crippen MR) is 67.3 cm³/mol. The molecule has 0 unspecified atom stereocenters. The van der Waals surface area contributed by atoms with Crippen LogP contribution in [0.3, 0.4) is 0 Å². The van der Waals surface area contributed by atoms with Crippen molar-refractivity contribution in [2.24, 2.45) is 5.92 Å². The first-order valence-corrected chi connectivity index (χ1v) is 6.16. The predicted octanol–water partition coefficient (Wildman–Crippen LogP) is 0.819. The number of nitrogens with zero attached hydrogens (tertiary/aromatic N) is 1. The van der Waals surface area contributed by atoms with Gasteiger partial charge in [-0.25, -0.2) is 4.79 Å². The number of carboxylic acids is 1. The Labute approximate surface area is 112 Å². The first kappa shape index (κ1) is 15.2. The third kappa shape index (κ3) is 3.56. The fourth-order valence-corrected chi connectivity index (χ4v) is 2.04. The number of amides is 1. The molecule has 1 N–H and O–H groups in total. The van der Waals surface area contributed by atoms with Crippen molar-refractivity contribution in [2.75, 3.05) is 20.2 Å². The van der Waals surface area contributed by atoms with E-state index in [0.29, 0.717) is 25.9 Å². The summed E-state index contributed by atoms with van der Waals surface area (Å²) in [5.41, 5.74) is 0.295. The number of carbonyl (C=O) groups is 3. The molecule has 0 bridgehead atoms. The first-order chi connectivity index (χ1) is 8.88. The summed E-state index contributed by atoms with van der Waals surface area (Å²) < 4.78 is 4.67. The van der Waals surface area contributed by atoms with Crippen molar-refractivity contribution in [2.45, 2.75) is 26.7 Å². The van der Waals surface area contributed by atoms with Crippen LogP contribution in [0.5, 0.6) is 0 Å². The standard InChI is InChI=1S/C13H19NO5/c1-8(9(2)12(16)17)11(15)14-6-4-10(5-7-14)13(18)19-3/h10H,4-7H2,1-3H3,(H,16,17). The van der Waals surface area contributed by atoms with Gasteiger partial charge < -0.3 is 14.7 Å². The molecule has 6 heteroatoms. The molecular formula is C13H19NO5.